The highest BCUT2D eigenvalue weighted by molar-refractivity contribution is 7.90. The zero-order valence-electron chi connectivity index (χ0n) is 17.7. The number of benzene rings is 1. The maximum Gasteiger partial charge on any atom is 0.191 e. The molecule has 162 valence electrons. The topological polar surface area (TPSA) is 83.7 Å². The molecular formula is C23H31N3O3S. The van der Waals surface area contributed by atoms with Gasteiger partial charge in [0.25, 0.3) is 0 Å². The fourth-order valence-electron chi connectivity index (χ4n) is 4.90. The maximum atomic E-state index is 11.8. The molecule has 2 saturated carbocycles. The normalized spacial score (nSPS) is 23.7. The summed E-state index contributed by atoms with van der Waals surface area (Å²) in [7, 11) is -3.21. The van der Waals surface area contributed by atoms with Gasteiger partial charge in [-0.05, 0) is 67.3 Å². The summed E-state index contributed by atoms with van der Waals surface area (Å²) in [4.78, 5) is 5.19. The number of rotatable bonds is 7. The van der Waals surface area contributed by atoms with Crippen LogP contribution in [0.5, 0.6) is 0 Å². The molecule has 6 nitrogen and oxygen atoms in total. The van der Waals surface area contributed by atoms with Gasteiger partial charge >= 0.3 is 0 Å². The number of furan rings is 1. The van der Waals surface area contributed by atoms with Crippen LogP contribution in [0.15, 0.2) is 50.9 Å². The molecule has 0 saturated heterocycles. The minimum Gasteiger partial charge on any atom is -0.469 e. The molecule has 0 amide bonds. The Morgan fingerprint density at radius 1 is 1.23 bits per heavy atom. The molecule has 2 N–H and O–H groups in total. The lowest BCUT2D eigenvalue weighted by atomic mass is 9.95. The van der Waals surface area contributed by atoms with E-state index in [-0.39, 0.29) is 0 Å². The van der Waals surface area contributed by atoms with Crippen molar-refractivity contribution in [1.29, 1.82) is 0 Å². The average molecular weight is 430 g/mol. The Balaban J connectivity index is 1.43. The first-order valence-electron chi connectivity index (χ1n) is 10.8. The van der Waals surface area contributed by atoms with Crippen LogP contribution in [0.4, 0.5) is 0 Å². The van der Waals surface area contributed by atoms with E-state index in [1.165, 1.54) is 31.9 Å². The summed E-state index contributed by atoms with van der Waals surface area (Å²) < 4.78 is 29.1. The van der Waals surface area contributed by atoms with Gasteiger partial charge in [0, 0.05) is 25.3 Å². The monoisotopic (exact) mass is 429 g/mol. The third-order valence-electron chi connectivity index (χ3n) is 6.36. The summed E-state index contributed by atoms with van der Waals surface area (Å²) >= 11 is 0. The quantitative estimate of drug-likeness (QED) is 0.520. The fourth-order valence-corrected chi connectivity index (χ4v) is 5.86. The van der Waals surface area contributed by atoms with Crippen LogP contribution in [0.3, 0.4) is 0 Å². The summed E-state index contributed by atoms with van der Waals surface area (Å²) in [6.07, 6.45) is 8.98. The van der Waals surface area contributed by atoms with E-state index in [1.807, 2.05) is 31.2 Å². The number of aliphatic imine (C=N–C) groups is 1. The highest BCUT2D eigenvalue weighted by Gasteiger charge is 2.39. The minimum atomic E-state index is -3.21. The van der Waals surface area contributed by atoms with E-state index in [2.05, 4.69) is 10.6 Å². The minimum absolute atomic E-state index is 0.382. The van der Waals surface area contributed by atoms with Crippen LogP contribution >= 0.6 is 0 Å². The molecule has 30 heavy (non-hydrogen) atoms. The molecule has 2 aromatic rings. The molecule has 1 heterocycles. The fraction of sp³-hybridized carbons (Fsp3) is 0.522. The van der Waals surface area contributed by atoms with Crippen LogP contribution < -0.4 is 10.6 Å². The smallest absolute Gasteiger partial charge is 0.191 e. The SMILES string of the molecule is Cc1cc(CN=C(NCCc2ccco2)NC2CC3CCC2C3)ccc1S(C)(=O)=O. The van der Waals surface area contributed by atoms with E-state index in [9.17, 15) is 8.42 Å². The Morgan fingerprint density at radius 2 is 2.10 bits per heavy atom. The molecular weight excluding hydrogens is 398 g/mol. The summed E-state index contributed by atoms with van der Waals surface area (Å²) in [5.41, 5.74) is 1.76. The Morgan fingerprint density at radius 3 is 2.73 bits per heavy atom. The highest BCUT2D eigenvalue weighted by atomic mass is 32.2. The van der Waals surface area contributed by atoms with E-state index in [0.717, 1.165) is 47.6 Å². The molecule has 0 spiro atoms. The number of sulfone groups is 1. The van der Waals surface area contributed by atoms with Crippen molar-refractivity contribution in [3.05, 3.63) is 53.5 Å². The van der Waals surface area contributed by atoms with Crippen molar-refractivity contribution in [2.45, 2.75) is 56.5 Å². The molecule has 3 atom stereocenters. The van der Waals surface area contributed by atoms with E-state index in [4.69, 9.17) is 9.41 Å². The lowest BCUT2D eigenvalue weighted by Crippen LogP contribution is -2.46. The van der Waals surface area contributed by atoms with Crippen LogP contribution in [0.2, 0.25) is 0 Å². The Labute approximate surface area is 179 Å². The van der Waals surface area contributed by atoms with Crippen molar-refractivity contribution in [2.75, 3.05) is 12.8 Å². The van der Waals surface area contributed by atoms with Crippen molar-refractivity contribution in [1.82, 2.24) is 10.6 Å². The standard InChI is InChI=1S/C23H31N3O3S/c1-16-12-18(6-8-22(16)30(2,27)28)15-25-23(24-10-9-20-4-3-11-29-20)26-21-14-17-5-7-19(21)13-17/h3-4,6,8,11-12,17,19,21H,5,7,9-10,13-15H2,1-2H3,(H2,24,25,26). The van der Waals surface area contributed by atoms with Crippen LogP contribution in [0.25, 0.3) is 0 Å². The van der Waals surface area contributed by atoms with E-state index < -0.39 is 9.84 Å². The van der Waals surface area contributed by atoms with Crippen molar-refractivity contribution in [3.63, 3.8) is 0 Å². The summed E-state index contributed by atoms with van der Waals surface area (Å²) in [5.74, 6) is 3.39. The largest absolute Gasteiger partial charge is 0.469 e. The molecule has 2 aliphatic carbocycles. The molecule has 2 aliphatic rings. The summed E-state index contributed by atoms with van der Waals surface area (Å²) in [6, 6.07) is 9.83. The van der Waals surface area contributed by atoms with Crippen molar-refractivity contribution >= 4 is 15.8 Å². The first-order valence-corrected chi connectivity index (χ1v) is 12.6. The zero-order chi connectivity index (χ0) is 21.1. The Hall–Kier alpha value is -2.28. The van der Waals surface area contributed by atoms with Gasteiger partial charge in [-0.15, -0.1) is 0 Å². The molecule has 7 heteroatoms. The van der Waals surface area contributed by atoms with Crippen molar-refractivity contribution in [2.24, 2.45) is 16.8 Å². The maximum absolute atomic E-state index is 11.8. The number of hydrogen-bond acceptors (Lipinski definition) is 4. The third-order valence-corrected chi connectivity index (χ3v) is 7.62. The molecule has 2 bridgehead atoms. The van der Waals surface area contributed by atoms with Gasteiger partial charge in [-0.2, -0.15) is 0 Å². The predicted octanol–water partition coefficient (Wildman–Crippen LogP) is 3.46. The predicted molar refractivity (Wildman–Crippen MR) is 118 cm³/mol. The first kappa shape index (κ1) is 21.0. The lowest BCUT2D eigenvalue weighted by Gasteiger charge is -2.25. The molecule has 4 rings (SSSR count). The molecule has 0 aliphatic heterocycles. The molecule has 1 aromatic carbocycles. The summed E-state index contributed by atoms with van der Waals surface area (Å²) in [5, 5.41) is 7.11. The Bertz CT molecular complexity index is 999. The zero-order valence-corrected chi connectivity index (χ0v) is 18.5. The number of nitrogens with zero attached hydrogens (tertiary/aromatic N) is 1. The molecule has 0 radical (unpaired) electrons. The van der Waals surface area contributed by atoms with E-state index in [1.54, 1.807) is 12.3 Å². The van der Waals surface area contributed by atoms with Gasteiger partial charge in [-0.3, -0.25) is 0 Å². The lowest BCUT2D eigenvalue weighted by molar-refractivity contribution is 0.387. The number of guanidine groups is 1. The van der Waals surface area contributed by atoms with Crippen LogP contribution in [-0.2, 0) is 22.8 Å². The third kappa shape index (κ3) is 5.06. The van der Waals surface area contributed by atoms with Gasteiger partial charge in [0.05, 0.1) is 17.7 Å². The number of hydrogen-bond donors (Lipinski definition) is 2. The molecule has 2 fully saturated rings. The van der Waals surface area contributed by atoms with Crippen molar-refractivity contribution in [3.8, 4) is 0 Å². The second-order valence-corrected chi connectivity index (χ2v) is 10.7. The van der Waals surface area contributed by atoms with Gasteiger partial charge in [-0.1, -0.05) is 18.6 Å². The highest BCUT2D eigenvalue weighted by Crippen LogP contribution is 2.44. The molecule has 3 unspecified atom stereocenters. The number of aryl methyl sites for hydroxylation is 1. The van der Waals surface area contributed by atoms with Crippen molar-refractivity contribution < 1.29 is 12.8 Å². The average Bonchev–Trinajstić information content (AvgIpc) is 3.43. The Kier molecular flexibility index (Phi) is 6.18. The van der Waals surface area contributed by atoms with Crippen LogP contribution in [0.1, 0.15) is 42.6 Å². The summed E-state index contributed by atoms with van der Waals surface area (Å²) in [6.45, 7) is 3.08. The van der Waals surface area contributed by atoms with Crippen LogP contribution in [-0.4, -0.2) is 33.2 Å². The van der Waals surface area contributed by atoms with Gasteiger partial charge < -0.3 is 15.1 Å². The van der Waals surface area contributed by atoms with Gasteiger partial charge in [0.2, 0.25) is 0 Å². The van der Waals surface area contributed by atoms with Gasteiger partial charge in [0.15, 0.2) is 15.8 Å². The van der Waals surface area contributed by atoms with Gasteiger partial charge in [0.1, 0.15) is 5.76 Å². The molecule has 1 aromatic heterocycles. The van der Waals surface area contributed by atoms with Crippen LogP contribution in [0, 0.1) is 18.8 Å². The van der Waals surface area contributed by atoms with E-state index in [0.29, 0.717) is 17.5 Å². The number of nitrogens with one attached hydrogen (secondary N) is 2. The van der Waals surface area contributed by atoms with E-state index >= 15 is 0 Å². The number of fused-ring (bicyclic) bond motifs is 2. The first-order chi connectivity index (χ1) is 14.4. The second-order valence-electron chi connectivity index (χ2n) is 8.72. The van der Waals surface area contributed by atoms with Gasteiger partial charge in [-0.25, -0.2) is 13.4 Å². The second kappa shape index (κ2) is 8.84.